The highest BCUT2D eigenvalue weighted by Crippen LogP contribution is 2.31. The summed E-state index contributed by atoms with van der Waals surface area (Å²) in [6.07, 6.45) is 0. The molecule has 0 amide bonds. The van der Waals surface area contributed by atoms with E-state index in [1.165, 1.54) is 0 Å². The van der Waals surface area contributed by atoms with E-state index in [1.54, 1.807) is 7.11 Å². The number of nitrogens with two attached hydrogens (primary N) is 1. The lowest BCUT2D eigenvalue weighted by atomic mass is 10.0. The first kappa shape index (κ1) is 11.6. The van der Waals surface area contributed by atoms with E-state index >= 15 is 0 Å². The average Bonchev–Trinajstić information content (AvgIpc) is 2.76. The number of rotatable bonds is 3. The Morgan fingerprint density at radius 1 is 1.35 bits per heavy atom. The highest BCUT2D eigenvalue weighted by molar-refractivity contribution is 5.69. The van der Waals surface area contributed by atoms with Crippen LogP contribution in [-0.2, 0) is 6.54 Å². The highest BCUT2D eigenvalue weighted by atomic mass is 16.5. The van der Waals surface area contributed by atoms with Crippen LogP contribution in [0.1, 0.15) is 17.0 Å². The van der Waals surface area contributed by atoms with Gasteiger partial charge in [-0.3, -0.25) is 5.10 Å². The van der Waals surface area contributed by atoms with Crippen LogP contribution >= 0.6 is 0 Å². The van der Waals surface area contributed by atoms with Crippen molar-refractivity contribution in [2.45, 2.75) is 20.4 Å². The number of ether oxygens (including phenoxy) is 1. The van der Waals surface area contributed by atoms with Crippen molar-refractivity contribution >= 4 is 0 Å². The second-order valence-corrected chi connectivity index (χ2v) is 3.97. The van der Waals surface area contributed by atoms with E-state index in [1.807, 2.05) is 19.9 Å². The van der Waals surface area contributed by atoms with Crippen LogP contribution < -0.4 is 10.5 Å². The Labute approximate surface area is 100 Å². The van der Waals surface area contributed by atoms with Gasteiger partial charge in [0.05, 0.1) is 19.2 Å². The number of H-pyrrole nitrogens is 1. The molecule has 90 valence electrons. The van der Waals surface area contributed by atoms with Crippen LogP contribution in [0.2, 0.25) is 0 Å². The fourth-order valence-corrected chi connectivity index (χ4v) is 1.87. The van der Waals surface area contributed by atoms with Gasteiger partial charge in [0.2, 0.25) is 0 Å². The predicted molar refractivity (Wildman–Crippen MR) is 65.7 cm³/mol. The first-order valence-electron chi connectivity index (χ1n) is 5.42. The molecule has 0 aliphatic carbocycles. The summed E-state index contributed by atoms with van der Waals surface area (Å²) in [6, 6.07) is 4.05. The summed E-state index contributed by atoms with van der Waals surface area (Å²) in [4.78, 5) is 4.33. The van der Waals surface area contributed by atoms with Gasteiger partial charge in [0.25, 0.3) is 0 Å². The molecule has 1 aromatic carbocycles. The van der Waals surface area contributed by atoms with Crippen molar-refractivity contribution in [1.82, 2.24) is 15.2 Å². The van der Waals surface area contributed by atoms with Crippen molar-refractivity contribution in [3.05, 3.63) is 29.1 Å². The summed E-state index contributed by atoms with van der Waals surface area (Å²) >= 11 is 0. The summed E-state index contributed by atoms with van der Waals surface area (Å²) in [6.45, 7) is 4.39. The molecule has 0 aliphatic rings. The lowest BCUT2D eigenvalue weighted by Crippen LogP contribution is -1.98. The number of aromatic nitrogens is 3. The molecule has 5 heteroatoms. The smallest absolute Gasteiger partial charge is 0.185 e. The van der Waals surface area contributed by atoms with Crippen LogP contribution in [0.3, 0.4) is 0 Å². The standard InChI is InChI=1S/C12H16N4O/c1-7-4-8(2)11(9(5-7)17-3)12-14-10(6-13)15-16-12/h4-5H,6,13H2,1-3H3,(H,14,15,16). The van der Waals surface area contributed by atoms with Crippen molar-refractivity contribution in [1.29, 1.82) is 0 Å². The Bertz CT molecular complexity index is 533. The van der Waals surface area contributed by atoms with E-state index in [0.717, 1.165) is 22.4 Å². The van der Waals surface area contributed by atoms with Crippen molar-refractivity contribution < 1.29 is 4.74 Å². The first-order valence-corrected chi connectivity index (χ1v) is 5.42. The number of methoxy groups -OCH3 is 1. The number of hydrogen-bond acceptors (Lipinski definition) is 4. The zero-order valence-electron chi connectivity index (χ0n) is 10.2. The van der Waals surface area contributed by atoms with Gasteiger partial charge in [0, 0.05) is 0 Å². The molecular weight excluding hydrogens is 216 g/mol. The van der Waals surface area contributed by atoms with Crippen molar-refractivity contribution in [2.24, 2.45) is 5.73 Å². The molecule has 3 N–H and O–H groups in total. The van der Waals surface area contributed by atoms with Crippen LogP contribution in [0.5, 0.6) is 5.75 Å². The Morgan fingerprint density at radius 3 is 2.71 bits per heavy atom. The molecular formula is C12H16N4O. The fourth-order valence-electron chi connectivity index (χ4n) is 1.87. The molecule has 0 spiro atoms. The lowest BCUT2D eigenvalue weighted by molar-refractivity contribution is 0.415. The van der Waals surface area contributed by atoms with Gasteiger partial charge in [0.1, 0.15) is 11.6 Å². The van der Waals surface area contributed by atoms with Gasteiger partial charge in [-0.05, 0) is 31.0 Å². The van der Waals surface area contributed by atoms with E-state index in [4.69, 9.17) is 10.5 Å². The molecule has 0 saturated heterocycles. The third-order valence-electron chi connectivity index (χ3n) is 2.61. The maximum atomic E-state index is 5.51. The van der Waals surface area contributed by atoms with Crippen molar-refractivity contribution in [2.75, 3.05) is 7.11 Å². The lowest BCUT2D eigenvalue weighted by Gasteiger charge is -2.09. The minimum absolute atomic E-state index is 0.347. The largest absolute Gasteiger partial charge is 0.496 e. The maximum Gasteiger partial charge on any atom is 0.185 e. The predicted octanol–water partition coefficient (Wildman–Crippen LogP) is 1.56. The zero-order chi connectivity index (χ0) is 12.4. The van der Waals surface area contributed by atoms with Crippen LogP contribution in [0, 0.1) is 13.8 Å². The summed E-state index contributed by atoms with van der Waals surface area (Å²) in [5, 5.41) is 6.97. The molecule has 0 saturated carbocycles. The summed E-state index contributed by atoms with van der Waals surface area (Å²) in [5.74, 6) is 2.08. The number of hydrogen-bond donors (Lipinski definition) is 2. The van der Waals surface area contributed by atoms with Crippen molar-refractivity contribution in [3.8, 4) is 17.1 Å². The number of nitrogens with zero attached hydrogens (tertiary/aromatic N) is 2. The van der Waals surface area contributed by atoms with Gasteiger partial charge < -0.3 is 10.5 Å². The van der Waals surface area contributed by atoms with Gasteiger partial charge in [-0.1, -0.05) is 6.07 Å². The molecule has 0 atom stereocenters. The summed E-state index contributed by atoms with van der Waals surface area (Å²) in [7, 11) is 1.65. The molecule has 0 radical (unpaired) electrons. The maximum absolute atomic E-state index is 5.51. The second kappa shape index (κ2) is 4.55. The van der Waals surface area contributed by atoms with Crippen LogP contribution in [-0.4, -0.2) is 22.3 Å². The Morgan fingerprint density at radius 2 is 2.12 bits per heavy atom. The minimum atomic E-state index is 0.347. The molecule has 0 unspecified atom stereocenters. The molecule has 1 heterocycles. The number of nitrogens with one attached hydrogen (secondary N) is 1. The van der Waals surface area contributed by atoms with Crippen LogP contribution in [0.15, 0.2) is 12.1 Å². The van der Waals surface area contributed by atoms with Crippen LogP contribution in [0.25, 0.3) is 11.4 Å². The third kappa shape index (κ3) is 2.14. The SMILES string of the molecule is COc1cc(C)cc(C)c1-c1n[nH]c(CN)n1. The molecule has 5 nitrogen and oxygen atoms in total. The van der Waals surface area contributed by atoms with Gasteiger partial charge in [-0.2, -0.15) is 5.10 Å². The Balaban J connectivity index is 2.57. The molecule has 0 aliphatic heterocycles. The molecule has 1 aromatic heterocycles. The van der Waals surface area contributed by atoms with Gasteiger partial charge in [-0.25, -0.2) is 4.98 Å². The Hall–Kier alpha value is -1.88. The molecule has 2 aromatic rings. The number of aryl methyl sites for hydroxylation is 2. The van der Waals surface area contributed by atoms with E-state index in [-0.39, 0.29) is 0 Å². The minimum Gasteiger partial charge on any atom is -0.496 e. The van der Waals surface area contributed by atoms with Crippen molar-refractivity contribution in [3.63, 3.8) is 0 Å². The number of benzene rings is 1. The monoisotopic (exact) mass is 232 g/mol. The van der Waals surface area contributed by atoms with Crippen LogP contribution in [0.4, 0.5) is 0 Å². The fraction of sp³-hybridized carbons (Fsp3) is 0.333. The van der Waals surface area contributed by atoms with E-state index in [2.05, 4.69) is 21.2 Å². The molecule has 0 fully saturated rings. The summed E-state index contributed by atoms with van der Waals surface area (Å²) in [5.41, 5.74) is 8.66. The third-order valence-corrected chi connectivity index (χ3v) is 2.61. The molecule has 17 heavy (non-hydrogen) atoms. The van der Waals surface area contributed by atoms with E-state index in [9.17, 15) is 0 Å². The zero-order valence-corrected chi connectivity index (χ0v) is 10.2. The highest BCUT2D eigenvalue weighted by Gasteiger charge is 2.14. The van der Waals surface area contributed by atoms with E-state index < -0.39 is 0 Å². The quantitative estimate of drug-likeness (QED) is 0.841. The number of aromatic amines is 1. The molecule has 2 rings (SSSR count). The Kier molecular flexibility index (Phi) is 3.10. The normalized spacial score (nSPS) is 10.6. The van der Waals surface area contributed by atoms with Gasteiger partial charge >= 0.3 is 0 Å². The van der Waals surface area contributed by atoms with Gasteiger partial charge in [0.15, 0.2) is 5.82 Å². The second-order valence-electron chi connectivity index (χ2n) is 3.97. The van der Waals surface area contributed by atoms with E-state index in [0.29, 0.717) is 18.2 Å². The average molecular weight is 232 g/mol. The van der Waals surface area contributed by atoms with Gasteiger partial charge in [-0.15, -0.1) is 0 Å². The topological polar surface area (TPSA) is 76.8 Å². The first-order chi connectivity index (χ1) is 8.15. The summed E-state index contributed by atoms with van der Waals surface area (Å²) < 4.78 is 5.38. The molecule has 0 bridgehead atoms.